The van der Waals surface area contributed by atoms with Crippen LogP contribution in [0, 0.1) is 18.7 Å². The third-order valence-electron chi connectivity index (χ3n) is 5.39. The molecule has 1 heterocycles. The Hall–Kier alpha value is -3.93. The summed E-state index contributed by atoms with van der Waals surface area (Å²) in [7, 11) is 0. The summed E-state index contributed by atoms with van der Waals surface area (Å²) in [6.45, 7) is 6.80. The Kier molecular flexibility index (Phi) is 7.07. The van der Waals surface area contributed by atoms with Crippen molar-refractivity contribution in [3.63, 3.8) is 0 Å². The largest absolute Gasteiger partial charge is 0.439 e. The molecular formula is C28H28FN3O2. The molecule has 6 heteroatoms. The van der Waals surface area contributed by atoms with Gasteiger partial charge in [-0.3, -0.25) is 4.79 Å². The Morgan fingerprint density at radius 1 is 1.00 bits per heavy atom. The molecule has 4 rings (SSSR count). The van der Waals surface area contributed by atoms with Crippen LogP contribution in [0.25, 0.3) is 5.69 Å². The van der Waals surface area contributed by atoms with Gasteiger partial charge in [-0.2, -0.15) is 5.10 Å². The molecule has 0 atom stereocenters. The molecule has 1 aromatic heterocycles. The number of hydrogen-bond donors (Lipinski definition) is 0. The lowest BCUT2D eigenvalue weighted by atomic mass is 10.1. The molecule has 0 unspecified atom stereocenters. The second kappa shape index (κ2) is 10.3. The average molecular weight is 458 g/mol. The van der Waals surface area contributed by atoms with Crippen LogP contribution in [-0.4, -0.2) is 27.1 Å². The van der Waals surface area contributed by atoms with Crippen LogP contribution in [0.15, 0.2) is 84.9 Å². The highest BCUT2D eigenvalue weighted by Gasteiger charge is 2.25. The average Bonchev–Trinajstić information content (AvgIpc) is 3.14. The number of carbonyl (C=O) groups excluding carboxylic acids is 1. The Morgan fingerprint density at radius 2 is 1.68 bits per heavy atom. The maximum atomic E-state index is 13.8. The topological polar surface area (TPSA) is 47.4 Å². The van der Waals surface area contributed by atoms with E-state index in [4.69, 9.17) is 9.84 Å². The van der Waals surface area contributed by atoms with Gasteiger partial charge in [0, 0.05) is 12.1 Å². The Labute approximate surface area is 199 Å². The number of carbonyl (C=O) groups is 1. The second-order valence-corrected chi connectivity index (χ2v) is 8.62. The molecule has 0 fully saturated rings. The third kappa shape index (κ3) is 5.34. The minimum absolute atomic E-state index is 0.223. The van der Waals surface area contributed by atoms with Gasteiger partial charge >= 0.3 is 0 Å². The van der Waals surface area contributed by atoms with Gasteiger partial charge in [0.05, 0.1) is 23.5 Å². The molecule has 0 aliphatic heterocycles. The quantitative estimate of drug-likeness (QED) is 0.307. The predicted octanol–water partition coefficient (Wildman–Crippen LogP) is 6.41. The van der Waals surface area contributed by atoms with Crippen LogP contribution in [0.5, 0.6) is 11.6 Å². The zero-order valence-corrected chi connectivity index (χ0v) is 19.6. The lowest BCUT2D eigenvalue weighted by Crippen LogP contribution is -2.34. The van der Waals surface area contributed by atoms with Gasteiger partial charge in [-0.15, -0.1) is 0 Å². The number of ether oxygens (including phenoxy) is 1. The van der Waals surface area contributed by atoms with E-state index in [0.717, 1.165) is 16.9 Å². The first-order valence-corrected chi connectivity index (χ1v) is 11.3. The number of aryl methyl sites for hydroxylation is 1. The summed E-state index contributed by atoms with van der Waals surface area (Å²) in [6.07, 6.45) is 0. The van der Waals surface area contributed by atoms with Gasteiger partial charge in [0.15, 0.2) is 0 Å². The fourth-order valence-corrected chi connectivity index (χ4v) is 3.82. The fourth-order valence-electron chi connectivity index (χ4n) is 3.82. The Bertz CT molecular complexity index is 1250. The first-order valence-electron chi connectivity index (χ1n) is 11.3. The van der Waals surface area contributed by atoms with E-state index in [9.17, 15) is 9.18 Å². The van der Waals surface area contributed by atoms with Crippen molar-refractivity contribution in [1.82, 2.24) is 14.7 Å². The number of halogens is 1. The Morgan fingerprint density at radius 3 is 2.32 bits per heavy atom. The number of amides is 1. The zero-order valence-electron chi connectivity index (χ0n) is 19.6. The molecule has 4 aromatic rings. The van der Waals surface area contributed by atoms with Crippen molar-refractivity contribution in [2.45, 2.75) is 27.3 Å². The normalized spacial score (nSPS) is 11.0. The van der Waals surface area contributed by atoms with Crippen molar-refractivity contribution in [1.29, 1.82) is 0 Å². The summed E-state index contributed by atoms with van der Waals surface area (Å²) < 4.78 is 21.9. The van der Waals surface area contributed by atoms with Crippen molar-refractivity contribution in [3.05, 3.63) is 108 Å². The summed E-state index contributed by atoms with van der Waals surface area (Å²) in [5.74, 6) is 0.783. The van der Waals surface area contributed by atoms with Crippen LogP contribution in [0.4, 0.5) is 4.39 Å². The van der Waals surface area contributed by atoms with Crippen molar-refractivity contribution in [3.8, 4) is 17.3 Å². The van der Waals surface area contributed by atoms with E-state index in [1.807, 2.05) is 81.4 Å². The molecule has 0 N–H and O–H groups in total. The summed E-state index contributed by atoms with van der Waals surface area (Å²) in [6, 6.07) is 25.0. The minimum Gasteiger partial charge on any atom is -0.439 e. The summed E-state index contributed by atoms with van der Waals surface area (Å²) >= 11 is 0. The van der Waals surface area contributed by atoms with Crippen LogP contribution in [0.3, 0.4) is 0 Å². The van der Waals surface area contributed by atoms with Crippen molar-refractivity contribution >= 4 is 5.91 Å². The van der Waals surface area contributed by atoms with Gasteiger partial charge < -0.3 is 9.64 Å². The van der Waals surface area contributed by atoms with E-state index in [1.54, 1.807) is 21.7 Å². The third-order valence-corrected chi connectivity index (χ3v) is 5.39. The number of hydrogen-bond acceptors (Lipinski definition) is 3. The van der Waals surface area contributed by atoms with Gasteiger partial charge in [0.25, 0.3) is 5.91 Å². The first kappa shape index (κ1) is 23.2. The van der Waals surface area contributed by atoms with Gasteiger partial charge in [0.2, 0.25) is 5.88 Å². The molecular weight excluding hydrogens is 429 g/mol. The van der Waals surface area contributed by atoms with Crippen LogP contribution >= 0.6 is 0 Å². The molecule has 0 aliphatic rings. The van der Waals surface area contributed by atoms with Gasteiger partial charge in [-0.1, -0.05) is 56.3 Å². The highest BCUT2D eigenvalue weighted by molar-refractivity contribution is 5.94. The molecule has 5 nitrogen and oxygen atoms in total. The highest BCUT2D eigenvalue weighted by Crippen LogP contribution is 2.32. The molecule has 0 aliphatic carbocycles. The van der Waals surface area contributed by atoms with E-state index in [0.29, 0.717) is 23.7 Å². The van der Waals surface area contributed by atoms with Crippen LogP contribution in [0.2, 0.25) is 0 Å². The predicted molar refractivity (Wildman–Crippen MR) is 131 cm³/mol. The van der Waals surface area contributed by atoms with E-state index in [2.05, 4.69) is 0 Å². The molecule has 0 saturated heterocycles. The van der Waals surface area contributed by atoms with Gasteiger partial charge in [-0.05, 0) is 55.3 Å². The molecule has 0 saturated carbocycles. The van der Waals surface area contributed by atoms with Crippen LogP contribution < -0.4 is 4.74 Å². The standard InChI is InChI=1S/C28H28FN3O2/c1-20(2)18-31(27(33)22-11-10-12-23(29)17-22)19-26-21(3)30-32(24-13-6-4-7-14-24)28(26)34-25-15-8-5-9-16-25/h4-17,20H,18-19H2,1-3H3. The van der Waals surface area contributed by atoms with Gasteiger partial charge in [0.1, 0.15) is 11.6 Å². The Balaban J connectivity index is 1.76. The number of para-hydroxylation sites is 2. The highest BCUT2D eigenvalue weighted by atomic mass is 19.1. The lowest BCUT2D eigenvalue weighted by molar-refractivity contribution is 0.0721. The van der Waals surface area contributed by atoms with Crippen molar-refractivity contribution < 1.29 is 13.9 Å². The minimum atomic E-state index is -0.434. The van der Waals surface area contributed by atoms with Crippen LogP contribution in [0.1, 0.15) is 35.5 Å². The number of nitrogens with zero attached hydrogens (tertiary/aromatic N) is 3. The molecule has 3 aromatic carbocycles. The van der Waals surface area contributed by atoms with Crippen LogP contribution in [-0.2, 0) is 6.54 Å². The number of benzene rings is 3. The second-order valence-electron chi connectivity index (χ2n) is 8.62. The summed E-state index contributed by atoms with van der Waals surface area (Å²) in [4.78, 5) is 15.1. The molecule has 0 spiro atoms. The summed E-state index contributed by atoms with van der Waals surface area (Å²) in [5.41, 5.74) is 2.74. The van der Waals surface area contributed by atoms with E-state index in [-0.39, 0.29) is 18.4 Å². The molecule has 0 bridgehead atoms. The molecule has 0 radical (unpaired) electrons. The summed E-state index contributed by atoms with van der Waals surface area (Å²) in [5, 5.41) is 4.75. The van der Waals surface area contributed by atoms with Crippen molar-refractivity contribution in [2.24, 2.45) is 5.92 Å². The number of aromatic nitrogens is 2. The molecule has 1 amide bonds. The first-order chi connectivity index (χ1) is 16.4. The maximum Gasteiger partial charge on any atom is 0.254 e. The number of rotatable bonds is 8. The smallest absolute Gasteiger partial charge is 0.254 e. The van der Waals surface area contributed by atoms with Gasteiger partial charge in [-0.25, -0.2) is 9.07 Å². The SMILES string of the molecule is Cc1nn(-c2ccccc2)c(Oc2ccccc2)c1CN(CC(C)C)C(=O)c1cccc(F)c1. The molecule has 34 heavy (non-hydrogen) atoms. The fraction of sp³-hybridized carbons (Fsp3) is 0.214. The monoisotopic (exact) mass is 457 g/mol. The zero-order chi connectivity index (χ0) is 24.1. The maximum absolute atomic E-state index is 13.8. The van der Waals surface area contributed by atoms with E-state index in [1.165, 1.54) is 12.1 Å². The van der Waals surface area contributed by atoms with E-state index < -0.39 is 5.82 Å². The lowest BCUT2D eigenvalue weighted by Gasteiger charge is -2.25. The van der Waals surface area contributed by atoms with E-state index >= 15 is 0 Å². The molecule has 174 valence electrons. The van der Waals surface area contributed by atoms with Crippen molar-refractivity contribution in [2.75, 3.05) is 6.54 Å².